The van der Waals surface area contributed by atoms with Crippen LogP contribution in [0.5, 0.6) is 5.75 Å². The molecular formula is C19H29N3O4S3. The maximum Gasteiger partial charge on any atom is 0.243 e. The van der Waals surface area contributed by atoms with E-state index in [2.05, 4.69) is 5.32 Å². The Balaban J connectivity index is 2.12. The number of benzene rings is 1. The van der Waals surface area contributed by atoms with E-state index >= 15 is 0 Å². The van der Waals surface area contributed by atoms with Crippen LogP contribution in [-0.2, 0) is 14.8 Å². The molecule has 0 aromatic heterocycles. The summed E-state index contributed by atoms with van der Waals surface area (Å²) in [6.45, 7) is 6.64. The van der Waals surface area contributed by atoms with Gasteiger partial charge in [-0.1, -0.05) is 30.4 Å². The number of carbonyl (C=O) groups excluding carboxylic acids is 1. The van der Waals surface area contributed by atoms with Crippen LogP contribution >= 0.6 is 24.0 Å². The number of methoxy groups -OCH3 is 1. The average molecular weight is 460 g/mol. The van der Waals surface area contributed by atoms with E-state index in [9.17, 15) is 13.2 Å². The number of hydrogen-bond acceptors (Lipinski definition) is 6. The smallest absolute Gasteiger partial charge is 0.243 e. The molecule has 2 rings (SSSR count). The van der Waals surface area contributed by atoms with E-state index in [1.165, 1.54) is 35.3 Å². The maximum atomic E-state index is 12.9. The van der Waals surface area contributed by atoms with Gasteiger partial charge in [0.15, 0.2) is 0 Å². The minimum Gasteiger partial charge on any atom is -0.495 e. The Morgan fingerprint density at radius 1 is 1.24 bits per heavy atom. The molecule has 0 saturated carbocycles. The summed E-state index contributed by atoms with van der Waals surface area (Å²) in [5, 5.41) is 2.76. The summed E-state index contributed by atoms with van der Waals surface area (Å²) < 4.78 is 33.3. The normalized spacial score (nSPS) is 15.0. The Morgan fingerprint density at radius 2 is 1.90 bits per heavy atom. The minimum absolute atomic E-state index is 0.140. The van der Waals surface area contributed by atoms with Crippen LogP contribution in [0.2, 0.25) is 0 Å². The zero-order valence-corrected chi connectivity index (χ0v) is 19.6. The molecular weight excluding hydrogens is 430 g/mol. The second kappa shape index (κ2) is 11.1. The predicted octanol–water partition coefficient (Wildman–Crippen LogP) is 3.17. The van der Waals surface area contributed by atoms with E-state index in [4.69, 9.17) is 17.0 Å². The third-order valence-electron chi connectivity index (χ3n) is 4.75. The van der Waals surface area contributed by atoms with Crippen molar-refractivity contribution in [3.8, 4) is 5.75 Å². The quantitative estimate of drug-likeness (QED) is 0.598. The van der Waals surface area contributed by atoms with Gasteiger partial charge in [0.05, 0.1) is 23.4 Å². The van der Waals surface area contributed by atoms with Gasteiger partial charge in [-0.3, -0.25) is 4.79 Å². The standard InChI is InChI=1S/C19H29N3O4S3/c1-4-21(5-2)19(27)28-14-18(23)20-16-13-15(9-10-17(16)26-3)29(24,25)22-11-7-6-8-12-22/h9-10,13H,4-8,11-12,14H2,1-3H3,(H,20,23). The van der Waals surface area contributed by atoms with Crippen molar-refractivity contribution in [2.24, 2.45) is 0 Å². The van der Waals surface area contributed by atoms with E-state index < -0.39 is 10.0 Å². The summed E-state index contributed by atoms with van der Waals surface area (Å²) in [5.41, 5.74) is 0.338. The van der Waals surface area contributed by atoms with Crippen LogP contribution in [0.4, 0.5) is 5.69 Å². The van der Waals surface area contributed by atoms with E-state index in [0.717, 1.165) is 32.4 Å². The third kappa shape index (κ3) is 6.31. The van der Waals surface area contributed by atoms with Gasteiger partial charge in [-0.15, -0.1) is 0 Å². The van der Waals surface area contributed by atoms with Crippen molar-refractivity contribution >= 4 is 49.9 Å². The number of ether oxygens (including phenoxy) is 1. The number of rotatable bonds is 8. The molecule has 162 valence electrons. The number of thioether (sulfide) groups is 1. The summed E-state index contributed by atoms with van der Waals surface area (Å²) in [4.78, 5) is 14.6. The molecule has 1 aliphatic heterocycles. The van der Waals surface area contributed by atoms with Gasteiger partial charge in [0.2, 0.25) is 15.9 Å². The van der Waals surface area contributed by atoms with E-state index in [-0.39, 0.29) is 16.6 Å². The molecule has 0 bridgehead atoms. The Kier molecular flexibility index (Phi) is 9.19. The molecule has 7 nitrogen and oxygen atoms in total. The second-order valence-electron chi connectivity index (χ2n) is 6.60. The molecule has 0 spiro atoms. The van der Waals surface area contributed by atoms with Gasteiger partial charge in [-0.05, 0) is 44.9 Å². The van der Waals surface area contributed by atoms with Crippen LogP contribution < -0.4 is 10.1 Å². The minimum atomic E-state index is -3.60. The van der Waals surface area contributed by atoms with Crippen molar-refractivity contribution in [3.63, 3.8) is 0 Å². The largest absolute Gasteiger partial charge is 0.495 e. The van der Waals surface area contributed by atoms with Gasteiger partial charge in [0.1, 0.15) is 10.1 Å². The first-order valence-corrected chi connectivity index (χ1v) is 12.6. The van der Waals surface area contributed by atoms with Gasteiger partial charge >= 0.3 is 0 Å². The molecule has 0 unspecified atom stereocenters. The van der Waals surface area contributed by atoms with Crippen molar-refractivity contribution in [2.45, 2.75) is 38.0 Å². The number of nitrogens with zero attached hydrogens (tertiary/aromatic N) is 2. The molecule has 1 aromatic rings. The van der Waals surface area contributed by atoms with Crippen molar-refractivity contribution in [2.75, 3.05) is 44.4 Å². The summed E-state index contributed by atoms with van der Waals surface area (Å²) in [7, 11) is -2.12. The predicted molar refractivity (Wildman–Crippen MR) is 122 cm³/mol. The van der Waals surface area contributed by atoms with Crippen molar-refractivity contribution in [3.05, 3.63) is 18.2 Å². The van der Waals surface area contributed by atoms with Gasteiger partial charge in [-0.2, -0.15) is 4.31 Å². The van der Waals surface area contributed by atoms with Crippen LogP contribution in [0.25, 0.3) is 0 Å². The average Bonchev–Trinajstić information content (AvgIpc) is 2.73. The summed E-state index contributed by atoms with van der Waals surface area (Å²) >= 11 is 6.63. The van der Waals surface area contributed by atoms with Crippen molar-refractivity contribution in [1.82, 2.24) is 9.21 Å². The third-order valence-corrected chi connectivity index (χ3v) is 8.16. The highest BCUT2D eigenvalue weighted by Crippen LogP contribution is 2.30. The lowest BCUT2D eigenvalue weighted by Gasteiger charge is -2.26. The molecule has 1 fully saturated rings. The Bertz CT molecular complexity index is 820. The number of carbonyl (C=O) groups is 1. The Hall–Kier alpha value is -1.36. The van der Waals surface area contributed by atoms with Crippen LogP contribution in [0.15, 0.2) is 23.1 Å². The fourth-order valence-electron chi connectivity index (χ4n) is 3.09. The number of anilines is 1. The molecule has 0 aliphatic carbocycles. The Labute approximate surface area is 183 Å². The molecule has 0 radical (unpaired) electrons. The number of piperidine rings is 1. The lowest BCUT2D eigenvalue weighted by Crippen LogP contribution is -2.35. The van der Waals surface area contributed by atoms with Gasteiger partial charge in [0, 0.05) is 26.2 Å². The second-order valence-corrected chi connectivity index (χ2v) is 10.1. The lowest BCUT2D eigenvalue weighted by molar-refractivity contribution is -0.113. The number of sulfonamides is 1. The maximum absolute atomic E-state index is 12.9. The lowest BCUT2D eigenvalue weighted by atomic mass is 10.2. The molecule has 1 aliphatic rings. The molecule has 10 heteroatoms. The van der Waals surface area contributed by atoms with E-state index in [1.807, 2.05) is 18.7 Å². The molecule has 0 atom stereocenters. The highest BCUT2D eigenvalue weighted by Gasteiger charge is 2.27. The number of hydrogen-bond donors (Lipinski definition) is 1. The molecule has 1 saturated heterocycles. The molecule has 1 amide bonds. The zero-order chi connectivity index (χ0) is 21.4. The Morgan fingerprint density at radius 3 is 2.48 bits per heavy atom. The van der Waals surface area contributed by atoms with Gasteiger partial charge < -0.3 is 15.0 Å². The van der Waals surface area contributed by atoms with Crippen molar-refractivity contribution in [1.29, 1.82) is 0 Å². The molecule has 1 heterocycles. The van der Waals surface area contributed by atoms with Gasteiger partial charge in [-0.25, -0.2) is 8.42 Å². The first-order valence-electron chi connectivity index (χ1n) is 9.73. The number of thiocarbonyl (C=S) groups is 1. The highest BCUT2D eigenvalue weighted by atomic mass is 32.2. The van der Waals surface area contributed by atoms with Gasteiger partial charge in [0.25, 0.3) is 0 Å². The molecule has 1 aromatic carbocycles. The highest BCUT2D eigenvalue weighted by molar-refractivity contribution is 8.23. The van der Waals surface area contributed by atoms with Crippen LogP contribution in [-0.4, -0.2) is 66.9 Å². The summed E-state index contributed by atoms with van der Waals surface area (Å²) in [6.07, 6.45) is 2.77. The summed E-state index contributed by atoms with van der Waals surface area (Å²) in [6, 6.07) is 4.55. The van der Waals surface area contributed by atoms with E-state index in [0.29, 0.717) is 28.8 Å². The number of nitrogens with one attached hydrogen (secondary N) is 1. The SMILES string of the molecule is CCN(CC)C(=S)SCC(=O)Nc1cc(S(=O)(=O)N2CCCCC2)ccc1OC. The first kappa shape index (κ1) is 23.9. The van der Waals surface area contributed by atoms with E-state index in [1.54, 1.807) is 6.07 Å². The molecule has 1 N–H and O–H groups in total. The fourth-order valence-corrected chi connectivity index (χ4v) is 5.83. The van der Waals surface area contributed by atoms with Crippen LogP contribution in [0.3, 0.4) is 0 Å². The number of amides is 1. The van der Waals surface area contributed by atoms with Crippen LogP contribution in [0.1, 0.15) is 33.1 Å². The zero-order valence-electron chi connectivity index (χ0n) is 17.1. The van der Waals surface area contributed by atoms with Crippen LogP contribution in [0, 0.1) is 0 Å². The topological polar surface area (TPSA) is 79.0 Å². The molecule has 29 heavy (non-hydrogen) atoms. The first-order chi connectivity index (χ1) is 13.8. The monoisotopic (exact) mass is 459 g/mol. The van der Waals surface area contributed by atoms with Crippen molar-refractivity contribution < 1.29 is 17.9 Å². The fraction of sp³-hybridized carbons (Fsp3) is 0.579. The summed E-state index contributed by atoms with van der Waals surface area (Å²) in [5.74, 6) is 0.282.